The first-order valence-corrected chi connectivity index (χ1v) is 6.24. The average molecular weight is 210 g/mol. The van der Waals surface area contributed by atoms with Crippen LogP contribution in [0.3, 0.4) is 0 Å². The van der Waals surface area contributed by atoms with Crippen LogP contribution in [0, 0.1) is 11.3 Å². The fourth-order valence-corrected chi connectivity index (χ4v) is 2.67. The molecule has 2 rings (SSSR count). The van der Waals surface area contributed by atoms with E-state index in [1.165, 1.54) is 32.1 Å². The Morgan fingerprint density at radius 2 is 1.93 bits per heavy atom. The van der Waals surface area contributed by atoms with Crippen molar-refractivity contribution in [2.24, 2.45) is 17.1 Å². The van der Waals surface area contributed by atoms with E-state index in [9.17, 15) is 4.79 Å². The first-order valence-electron chi connectivity index (χ1n) is 6.24. The quantitative estimate of drug-likeness (QED) is 0.737. The maximum atomic E-state index is 11.7. The molecule has 0 bridgehead atoms. The molecule has 0 aliphatic heterocycles. The van der Waals surface area contributed by atoms with E-state index in [2.05, 4.69) is 5.32 Å². The maximum absolute atomic E-state index is 11.7. The molecular weight excluding hydrogens is 188 g/mol. The van der Waals surface area contributed by atoms with Crippen LogP contribution in [0.5, 0.6) is 0 Å². The van der Waals surface area contributed by atoms with E-state index < -0.39 is 0 Å². The first-order chi connectivity index (χ1) is 7.26. The molecule has 0 atom stereocenters. The zero-order valence-electron chi connectivity index (χ0n) is 9.43. The molecule has 2 fully saturated rings. The minimum absolute atomic E-state index is 0.222. The summed E-state index contributed by atoms with van der Waals surface area (Å²) >= 11 is 0. The van der Waals surface area contributed by atoms with Gasteiger partial charge in [-0.3, -0.25) is 4.79 Å². The number of nitrogens with two attached hydrogens (primary N) is 1. The van der Waals surface area contributed by atoms with Crippen molar-refractivity contribution in [2.75, 3.05) is 13.1 Å². The summed E-state index contributed by atoms with van der Waals surface area (Å²) in [6.45, 7) is 1.52. The molecule has 0 aromatic rings. The molecule has 2 aliphatic rings. The van der Waals surface area contributed by atoms with E-state index in [0.29, 0.717) is 5.92 Å². The third-order valence-electron chi connectivity index (χ3n) is 4.21. The van der Waals surface area contributed by atoms with Gasteiger partial charge in [-0.2, -0.15) is 0 Å². The van der Waals surface area contributed by atoms with E-state index >= 15 is 0 Å². The first kappa shape index (κ1) is 10.9. The summed E-state index contributed by atoms with van der Waals surface area (Å²) in [6.07, 6.45) is 8.32. The van der Waals surface area contributed by atoms with Gasteiger partial charge < -0.3 is 11.1 Å². The molecule has 15 heavy (non-hydrogen) atoms. The Bertz CT molecular complexity index is 230. The summed E-state index contributed by atoms with van der Waals surface area (Å²) in [5, 5.41) is 3.10. The van der Waals surface area contributed by atoms with Gasteiger partial charge in [0.1, 0.15) is 0 Å². The number of nitrogens with one attached hydrogen (secondary N) is 1. The van der Waals surface area contributed by atoms with E-state index in [1.54, 1.807) is 0 Å². The van der Waals surface area contributed by atoms with Crippen molar-refractivity contribution in [1.82, 2.24) is 5.32 Å². The summed E-state index contributed by atoms with van der Waals surface area (Å²) in [5.41, 5.74) is 6.05. The molecule has 0 aromatic heterocycles. The monoisotopic (exact) mass is 210 g/mol. The van der Waals surface area contributed by atoms with Crippen molar-refractivity contribution in [3.8, 4) is 0 Å². The number of rotatable bonds is 4. The molecule has 3 heteroatoms. The van der Waals surface area contributed by atoms with Crippen molar-refractivity contribution >= 4 is 5.91 Å². The highest BCUT2D eigenvalue weighted by Crippen LogP contribution is 2.36. The standard InChI is InChI=1S/C12H22N2O/c13-8-12(6-1-2-7-12)9-14-11(15)10-4-3-5-10/h10H,1-9,13H2,(H,14,15). The molecule has 3 N–H and O–H groups in total. The van der Waals surface area contributed by atoms with Crippen molar-refractivity contribution in [3.63, 3.8) is 0 Å². The van der Waals surface area contributed by atoms with Crippen molar-refractivity contribution in [1.29, 1.82) is 0 Å². The van der Waals surface area contributed by atoms with Gasteiger partial charge in [0.2, 0.25) is 5.91 Å². The Labute approximate surface area is 91.8 Å². The number of carbonyl (C=O) groups excluding carboxylic acids is 1. The van der Waals surface area contributed by atoms with Crippen molar-refractivity contribution in [2.45, 2.75) is 44.9 Å². The van der Waals surface area contributed by atoms with Gasteiger partial charge in [0.05, 0.1) is 0 Å². The normalized spacial score (nSPS) is 24.9. The highest BCUT2D eigenvalue weighted by Gasteiger charge is 2.34. The molecule has 1 amide bonds. The van der Waals surface area contributed by atoms with E-state index in [0.717, 1.165) is 25.9 Å². The minimum Gasteiger partial charge on any atom is -0.355 e. The molecule has 0 aromatic carbocycles. The molecule has 3 nitrogen and oxygen atoms in total. The lowest BCUT2D eigenvalue weighted by atomic mass is 9.83. The Hall–Kier alpha value is -0.570. The van der Waals surface area contributed by atoms with Crippen molar-refractivity contribution < 1.29 is 4.79 Å². The van der Waals surface area contributed by atoms with E-state index in [1.807, 2.05) is 0 Å². The molecule has 0 heterocycles. The van der Waals surface area contributed by atoms with Gasteiger partial charge in [-0.25, -0.2) is 0 Å². The highest BCUT2D eigenvalue weighted by atomic mass is 16.1. The van der Waals surface area contributed by atoms with Crippen LogP contribution in [0.15, 0.2) is 0 Å². The summed E-state index contributed by atoms with van der Waals surface area (Å²) in [7, 11) is 0. The van der Waals surface area contributed by atoms with E-state index in [4.69, 9.17) is 5.73 Å². The largest absolute Gasteiger partial charge is 0.355 e. The molecule has 0 saturated heterocycles. The predicted octanol–water partition coefficient (Wildman–Crippen LogP) is 1.42. The summed E-state index contributed by atoms with van der Waals surface area (Å²) in [6, 6.07) is 0. The topological polar surface area (TPSA) is 55.1 Å². The zero-order chi connectivity index (χ0) is 10.7. The SMILES string of the molecule is NCC1(CNC(=O)C2CCC2)CCCC1. The molecule has 2 saturated carbocycles. The smallest absolute Gasteiger partial charge is 0.223 e. The number of carbonyl (C=O) groups is 1. The Morgan fingerprint density at radius 1 is 1.27 bits per heavy atom. The Morgan fingerprint density at radius 3 is 2.40 bits per heavy atom. The second-order valence-electron chi connectivity index (χ2n) is 5.26. The number of amides is 1. The van der Waals surface area contributed by atoms with Crippen LogP contribution in [0.2, 0.25) is 0 Å². The van der Waals surface area contributed by atoms with Crippen LogP contribution in [0.4, 0.5) is 0 Å². The summed E-state index contributed by atoms with van der Waals surface area (Å²) < 4.78 is 0. The van der Waals surface area contributed by atoms with Gasteiger partial charge in [-0.05, 0) is 37.6 Å². The molecule has 2 aliphatic carbocycles. The zero-order valence-corrected chi connectivity index (χ0v) is 9.43. The lowest BCUT2D eigenvalue weighted by Gasteiger charge is -2.30. The van der Waals surface area contributed by atoms with Crippen LogP contribution in [-0.4, -0.2) is 19.0 Å². The van der Waals surface area contributed by atoms with Gasteiger partial charge in [-0.1, -0.05) is 19.3 Å². The Balaban J connectivity index is 1.77. The van der Waals surface area contributed by atoms with Crippen LogP contribution < -0.4 is 11.1 Å². The Kier molecular flexibility index (Phi) is 3.29. The molecule has 86 valence electrons. The highest BCUT2D eigenvalue weighted by molar-refractivity contribution is 5.79. The van der Waals surface area contributed by atoms with Gasteiger partial charge >= 0.3 is 0 Å². The molecule has 0 spiro atoms. The summed E-state index contributed by atoms with van der Waals surface area (Å²) in [4.78, 5) is 11.7. The number of hydrogen-bond acceptors (Lipinski definition) is 2. The lowest BCUT2D eigenvalue weighted by Crippen LogP contribution is -2.43. The third-order valence-corrected chi connectivity index (χ3v) is 4.21. The number of hydrogen-bond donors (Lipinski definition) is 2. The third kappa shape index (κ3) is 2.33. The van der Waals surface area contributed by atoms with Gasteiger partial charge in [0, 0.05) is 12.5 Å². The van der Waals surface area contributed by atoms with Crippen molar-refractivity contribution in [3.05, 3.63) is 0 Å². The molecular formula is C12H22N2O. The summed E-state index contributed by atoms with van der Waals surface area (Å²) in [5.74, 6) is 0.571. The van der Waals surface area contributed by atoms with Gasteiger partial charge in [0.15, 0.2) is 0 Å². The average Bonchev–Trinajstić information content (AvgIpc) is 2.61. The predicted molar refractivity (Wildman–Crippen MR) is 60.3 cm³/mol. The van der Waals surface area contributed by atoms with Gasteiger partial charge in [-0.15, -0.1) is 0 Å². The second-order valence-corrected chi connectivity index (χ2v) is 5.26. The maximum Gasteiger partial charge on any atom is 0.223 e. The fourth-order valence-electron chi connectivity index (χ4n) is 2.67. The minimum atomic E-state index is 0.222. The van der Waals surface area contributed by atoms with Crippen LogP contribution in [0.1, 0.15) is 44.9 Å². The van der Waals surface area contributed by atoms with Gasteiger partial charge in [0.25, 0.3) is 0 Å². The van der Waals surface area contributed by atoms with Crippen LogP contribution in [-0.2, 0) is 4.79 Å². The lowest BCUT2D eigenvalue weighted by molar-refractivity contribution is -0.127. The molecule has 0 unspecified atom stereocenters. The van der Waals surface area contributed by atoms with Crippen LogP contribution in [0.25, 0.3) is 0 Å². The second kappa shape index (κ2) is 4.52. The molecule has 0 radical (unpaired) electrons. The van der Waals surface area contributed by atoms with E-state index in [-0.39, 0.29) is 11.3 Å². The fraction of sp³-hybridized carbons (Fsp3) is 0.917. The van der Waals surface area contributed by atoms with Crippen LogP contribution >= 0.6 is 0 Å².